The fraction of sp³-hybridized carbons (Fsp3) is 0.391. The van der Waals surface area contributed by atoms with Gasteiger partial charge in [0.25, 0.3) is 0 Å². The smallest absolute Gasteiger partial charge is 0.327 e. The Labute approximate surface area is 210 Å². The summed E-state index contributed by atoms with van der Waals surface area (Å²) in [5.41, 5.74) is 0.492. The molecule has 0 aliphatic carbocycles. The maximum atomic E-state index is 12.9. The van der Waals surface area contributed by atoms with Crippen LogP contribution in [0.5, 0.6) is 0 Å². The van der Waals surface area contributed by atoms with E-state index in [4.69, 9.17) is 0 Å². The monoisotopic (exact) mass is 539 g/mol. The van der Waals surface area contributed by atoms with Crippen molar-refractivity contribution in [2.75, 3.05) is 16.0 Å². The number of amides is 1. The van der Waals surface area contributed by atoms with Gasteiger partial charge in [0.1, 0.15) is 0 Å². The topological polar surface area (TPSA) is 105 Å². The quantitative estimate of drug-likeness (QED) is 0.466. The SMILES string of the molecule is CCS(=O)(=O)c1ccc(CC(=O)Nc2nc3c(s2)CN(c2ncc(C(F)(F)F)cn2)[C@H]3C(C)C)cc1. The molecule has 0 saturated heterocycles. The van der Waals surface area contributed by atoms with Crippen LogP contribution >= 0.6 is 11.3 Å². The molecule has 0 spiro atoms. The van der Waals surface area contributed by atoms with Crippen LogP contribution in [0.15, 0.2) is 41.6 Å². The zero-order chi connectivity index (χ0) is 26.3. The predicted octanol–water partition coefficient (Wildman–Crippen LogP) is 4.64. The van der Waals surface area contributed by atoms with Gasteiger partial charge >= 0.3 is 6.18 Å². The van der Waals surface area contributed by atoms with Crippen molar-refractivity contribution in [3.05, 3.63) is 58.4 Å². The average Bonchev–Trinajstić information content (AvgIpc) is 3.36. The van der Waals surface area contributed by atoms with Crippen LogP contribution in [0.25, 0.3) is 0 Å². The van der Waals surface area contributed by atoms with Gasteiger partial charge < -0.3 is 10.2 Å². The summed E-state index contributed by atoms with van der Waals surface area (Å²) in [4.78, 5) is 27.9. The van der Waals surface area contributed by atoms with E-state index in [0.29, 0.717) is 17.2 Å². The summed E-state index contributed by atoms with van der Waals surface area (Å²) in [7, 11) is -3.31. The van der Waals surface area contributed by atoms with Crippen LogP contribution in [0.2, 0.25) is 0 Å². The first-order chi connectivity index (χ1) is 16.9. The number of halogens is 3. The zero-order valence-electron chi connectivity index (χ0n) is 19.7. The molecule has 0 radical (unpaired) electrons. The minimum absolute atomic E-state index is 0.00133. The summed E-state index contributed by atoms with van der Waals surface area (Å²) < 4.78 is 62.5. The Bertz CT molecular complexity index is 1360. The summed E-state index contributed by atoms with van der Waals surface area (Å²) in [5.74, 6) is -0.0503. The molecule has 13 heteroatoms. The second kappa shape index (κ2) is 9.77. The number of alkyl halides is 3. The van der Waals surface area contributed by atoms with Gasteiger partial charge in [-0.2, -0.15) is 13.2 Å². The molecule has 2 aromatic heterocycles. The number of rotatable bonds is 7. The van der Waals surface area contributed by atoms with Gasteiger partial charge in [0.05, 0.1) is 45.8 Å². The number of fused-ring (bicyclic) bond motifs is 1. The molecule has 3 heterocycles. The lowest BCUT2D eigenvalue weighted by Gasteiger charge is -2.27. The van der Waals surface area contributed by atoms with Crippen molar-refractivity contribution in [1.82, 2.24) is 15.0 Å². The molecule has 3 aromatic rings. The molecule has 1 aliphatic heterocycles. The highest BCUT2D eigenvalue weighted by atomic mass is 32.2. The highest BCUT2D eigenvalue weighted by molar-refractivity contribution is 7.91. The number of nitrogens with one attached hydrogen (secondary N) is 1. The molecule has 0 bridgehead atoms. The van der Waals surface area contributed by atoms with Crippen molar-refractivity contribution >= 4 is 38.2 Å². The minimum Gasteiger partial charge on any atom is -0.327 e. The van der Waals surface area contributed by atoms with Crippen LogP contribution in [0.4, 0.5) is 24.3 Å². The van der Waals surface area contributed by atoms with Gasteiger partial charge in [0, 0.05) is 12.4 Å². The fourth-order valence-electron chi connectivity index (χ4n) is 3.98. The summed E-state index contributed by atoms with van der Waals surface area (Å²) in [6, 6.07) is 5.95. The Morgan fingerprint density at radius 2 is 1.83 bits per heavy atom. The lowest BCUT2D eigenvalue weighted by Crippen LogP contribution is -2.28. The second-order valence-electron chi connectivity index (χ2n) is 8.69. The minimum atomic E-state index is -4.51. The van der Waals surface area contributed by atoms with Gasteiger partial charge in [-0.1, -0.05) is 44.2 Å². The number of sulfone groups is 1. The summed E-state index contributed by atoms with van der Waals surface area (Å²) in [5, 5.41) is 3.21. The largest absolute Gasteiger partial charge is 0.419 e. The van der Waals surface area contributed by atoms with Crippen LogP contribution in [0.1, 0.15) is 48.5 Å². The van der Waals surface area contributed by atoms with Crippen molar-refractivity contribution < 1.29 is 26.4 Å². The lowest BCUT2D eigenvalue weighted by molar-refractivity contribution is -0.138. The number of nitrogens with zero attached hydrogens (tertiary/aromatic N) is 4. The lowest BCUT2D eigenvalue weighted by atomic mass is 10.0. The third kappa shape index (κ3) is 5.36. The van der Waals surface area contributed by atoms with E-state index in [1.54, 1.807) is 19.1 Å². The Hall–Kier alpha value is -3.06. The Balaban J connectivity index is 1.45. The van der Waals surface area contributed by atoms with Crippen molar-refractivity contribution in [1.29, 1.82) is 0 Å². The molecule has 0 saturated carbocycles. The number of hydrogen-bond acceptors (Lipinski definition) is 8. The number of aromatic nitrogens is 3. The number of carbonyl (C=O) groups excluding carboxylic acids is 1. The Morgan fingerprint density at radius 3 is 2.39 bits per heavy atom. The highest BCUT2D eigenvalue weighted by Gasteiger charge is 2.38. The summed E-state index contributed by atoms with van der Waals surface area (Å²) in [6.07, 6.45) is -2.91. The first kappa shape index (κ1) is 26.0. The molecule has 192 valence electrons. The van der Waals surface area contributed by atoms with E-state index < -0.39 is 21.6 Å². The Morgan fingerprint density at radius 1 is 1.19 bits per heavy atom. The van der Waals surface area contributed by atoms with Crippen LogP contribution in [0, 0.1) is 5.92 Å². The number of anilines is 2. The van der Waals surface area contributed by atoms with Crippen LogP contribution in [0.3, 0.4) is 0 Å². The third-order valence-electron chi connectivity index (χ3n) is 5.78. The van der Waals surface area contributed by atoms with Crippen LogP contribution in [-0.2, 0) is 33.8 Å². The molecule has 36 heavy (non-hydrogen) atoms. The van der Waals surface area contributed by atoms with Gasteiger partial charge in [0.15, 0.2) is 15.0 Å². The molecule has 4 rings (SSSR count). The van der Waals surface area contributed by atoms with Crippen molar-refractivity contribution in [2.45, 2.75) is 50.9 Å². The standard InChI is InChI=1S/C23H24F3N5O3S2/c1-4-36(33,34)16-7-5-14(6-8-16)9-18(32)29-22-30-19-17(35-22)12-31(20(19)13(2)3)21-27-10-15(11-28-21)23(24,25)26/h5-8,10-11,13,20H,4,9,12H2,1-3H3,(H,29,30,32)/t20-/m0/s1. The molecule has 1 aliphatic rings. The number of benzene rings is 1. The van der Waals surface area contributed by atoms with Crippen molar-refractivity contribution in [3.8, 4) is 0 Å². The fourth-order valence-corrected chi connectivity index (χ4v) is 5.88. The molecule has 1 aromatic carbocycles. The van der Waals surface area contributed by atoms with Gasteiger partial charge in [-0.15, -0.1) is 0 Å². The van der Waals surface area contributed by atoms with E-state index in [2.05, 4.69) is 20.3 Å². The highest BCUT2D eigenvalue weighted by Crippen LogP contribution is 2.44. The van der Waals surface area contributed by atoms with Gasteiger partial charge in [0.2, 0.25) is 11.9 Å². The molecule has 0 unspecified atom stereocenters. The van der Waals surface area contributed by atoms with Gasteiger partial charge in [-0.3, -0.25) is 4.79 Å². The number of carbonyl (C=O) groups is 1. The average molecular weight is 540 g/mol. The first-order valence-corrected chi connectivity index (χ1v) is 13.6. The first-order valence-electron chi connectivity index (χ1n) is 11.2. The van der Waals surface area contributed by atoms with Crippen molar-refractivity contribution in [2.24, 2.45) is 5.92 Å². The number of thiazole rings is 1. The van der Waals surface area contributed by atoms with E-state index in [-0.39, 0.29) is 40.9 Å². The molecule has 1 N–H and O–H groups in total. The summed E-state index contributed by atoms with van der Waals surface area (Å²) in [6.45, 7) is 5.87. The van der Waals surface area contributed by atoms with E-state index >= 15 is 0 Å². The third-order valence-corrected chi connectivity index (χ3v) is 8.51. The maximum absolute atomic E-state index is 12.9. The molecule has 0 fully saturated rings. The Kier molecular flexibility index (Phi) is 7.06. The number of hydrogen-bond donors (Lipinski definition) is 1. The van der Waals surface area contributed by atoms with Gasteiger partial charge in [-0.05, 0) is 23.6 Å². The van der Waals surface area contributed by atoms with Crippen LogP contribution < -0.4 is 10.2 Å². The zero-order valence-corrected chi connectivity index (χ0v) is 21.3. The molecule has 8 nitrogen and oxygen atoms in total. The van der Waals surface area contributed by atoms with E-state index in [9.17, 15) is 26.4 Å². The molecule has 1 amide bonds. The second-order valence-corrected chi connectivity index (χ2v) is 12.0. The van der Waals surface area contributed by atoms with E-state index in [0.717, 1.165) is 23.0 Å². The molecular formula is C23H24F3N5O3S2. The van der Waals surface area contributed by atoms with Gasteiger partial charge in [-0.25, -0.2) is 23.4 Å². The maximum Gasteiger partial charge on any atom is 0.419 e. The molecular weight excluding hydrogens is 515 g/mol. The summed E-state index contributed by atoms with van der Waals surface area (Å²) >= 11 is 1.30. The normalized spacial score (nSPS) is 15.9. The molecule has 1 atom stereocenters. The van der Waals surface area contributed by atoms with E-state index in [1.807, 2.05) is 18.7 Å². The van der Waals surface area contributed by atoms with Crippen LogP contribution in [-0.4, -0.2) is 35.0 Å². The predicted molar refractivity (Wildman–Crippen MR) is 129 cm³/mol. The van der Waals surface area contributed by atoms with Crippen molar-refractivity contribution in [3.63, 3.8) is 0 Å². The van der Waals surface area contributed by atoms with E-state index in [1.165, 1.54) is 23.5 Å².